The van der Waals surface area contributed by atoms with Gasteiger partial charge in [-0.3, -0.25) is 0 Å². The number of ether oxygens (including phenoxy) is 2. The molecule has 0 unspecified atom stereocenters. The first kappa shape index (κ1) is 20.3. The van der Waals surface area contributed by atoms with E-state index >= 15 is 0 Å². The lowest BCUT2D eigenvalue weighted by atomic mass is 10.2. The highest BCUT2D eigenvalue weighted by molar-refractivity contribution is 7.90. The van der Waals surface area contributed by atoms with Crippen molar-refractivity contribution in [1.82, 2.24) is 0 Å². The second-order valence-corrected chi connectivity index (χ2v) is 8.24. The maximum absolute atomic E-state index is 13.7. The molecule has 0 heterocycles. The molecule has 0 aliphatic rings. The zero-order chi connectivity index (χ0) is 21.0. The Balaban J connectivity index is 1.83. The normalized spacial score (nSPS) is 11.1. The minimum atomic E-state index is -3.34. The summed E-state index contributed by atoms with van der Waals surface area (Å²) in [4.78, 5) is 11.5. The second kappa shape index (κ2) is 8.32. The van der Waals surface area contributed by atoms with Gasteiger partial charge < -0.3 is 14.6 Å². The van der Waals surface area contributed by atoms with Gasteiger partial charge in [-0.05, 0) is 42.5 Å². The molecule has 0 saturated heterocycles. The zero-order valence-corrected chi connectivity index (χ0v) is 16.1. The van der Waals surface area contributed by atoms with Crippen LogP contribution in [-0.4, -0.2) is 25.7 Å². The minimum Gasteiger partial charge on any atom is -0.489 e. The molecular formula is C21H17FO6S. The number of carbonyl (C=O) groups is 1. The van der Waals surface area contributed by atoms with Crippen LogP contribution in [-0.2, 0) is 16.4 Å². The number of carboxylic acid groups (broad SMARTS) is 1. The molecule has 0 fully saturated rings. The molecule has 0 saturated carbocycles. The van der Waals surface area contributed by atoms with Gasteiger partial charge in [0.2, 0.25) is 0 Å². The number of aromatic carboxylic acids is 1. The molecule has 3 aromatic carbocycles. The molecule has 1 N–H and O–H groups in total. The van der Waals surface area contributed by atoms with Gasteiger partial charge in [-0.2, -0.15) is 0 Å². The standard InChI is InChI=1S/C21H17FO6S/c1-29(25,26)19-8-6-16(7-9-19)28-18-11-15(21(23)24)10-17(12-18)27-13-14-4-2-3-5-20(14)22/h2-12H,13H2,1H3,(H,23,24). The molecule has 0 spiro atoms. The van der Waals surface area contributed by atoms with Crippen molar-refractivity contribution in [3.05, 3.63) is 83.7 Å². The van der Waals surface area contributed by atoms with Crippen molar-refractivity contribution in [2.24, 2.45) is 0 Å². The summed E-state index contributed by atoms with van der Waals surface area (Å²) in [5.41, 5.74) is 0.255. The van der Waals surface area contributed by atoms with Gasteiger partial charge in [0.1, 0.15) is 29.7 Å². The van der Waals surface area contributed by atoms with Crippen LogP contribution >= 0.6 is 0 Å². The van der Waals surface area contributed by atoms with E-state index < -0.39 is 21.6 Å². The lowest BCUT2D eigenvalue weighted by Crippen LogP contribution is -2.02. The van der Waals surface area contributed by atoms with E-state index in [0.717, 1.165) is 6.26 Å². The number of rotatable bonds is 7. The van der Waals surface area contributed by atoms with Crippen LogP contribution in [0.25, 0.3) is 0 Å². The highest BCUT2D eigenvalue weighted by atomic mass is 32.2. The second-order valence-electron chi connectivity index (χ2n) is 6.22. The Labute approximate surface area is 167 Å². The van der Waals surface area contributed by atoms with Crippen LogP contribution in [0.1, 0.15) is 15.9 Å². The van der Waals surface area contributed by atoms with Crippen LogP contribution in [0.5, 0.6) is 17.2 Å². The number of benzene rings is 3. The van der Waals surface area contributed by atoms with Crippen LogP contribution in [0.4, 0.5) is 4.39 Å². The van der Waals surface area contributed by atoms with Crippen molar-refractivity contribution in [3.8, 4) is 17.2 Å². The van der Waals surface area contributed by atoms with Gasteiger partial charge in [0.05, 0.1) is 10.5 Å². The van der Waals surface area contributed by atoms with Crippen LogP contribution < -0.4 is 9.47 Å². The summed E-state index contributed by atoms with van der Waals surface area (Å²) in [5, 5.41) is 9.32. The molecular weight excluding hydrogens is 399 g/mol. The van der Waals surface area contributed by atoms with E-state index in [1.807, 2.05) is 0 Å². The number of hydrogen-bond donors (Lipinski definition) is 1. The van der Waals surface area contributed by atoms with E-state index in [-0.39, 0.29) is 28.6 Å². The molecule has 0 aliphatic heterocycles. The summed E-state index contributed by atoms with van der Waals surface area (Å²) in [5.74, 6) is -0.917. The largest absolute Gasteiger partial charge is 0.489 e. The Bertz CT molecular complexity index is 1140. The lowest BCUT2D eigenvalue weighted by molar-refractivity contribution is 0.0696. The molecule has 8 heteroatoms. The summed E-state index contributed by atoms with van der Waals surface area (Å²) >= 11 is 0. The van der Waals surface area contributed by atoms with Crippen LogP contribution in [0, 0.1) is 5.82 Å². The Kier molecular flexibility index (Phi) is 5.84. The lowest BCUT2D eigenvalue weighted by Gasteiger charge is -2.12. The SMILES string of the molecule is CS(=O)(=O)c1ccc(Oc2cc(OCc3ccccc3F)cc(C(=O)O)c2)cc1. The molecule has 6 nitrogen and oxygen atoms in total. The van der Waals surface area contributed by atoms with E-state index in [1.165, 1.54) is 48.5 Å². The molecule has 0 atom stereocenters. The third-order valence-corrected chi connectivity index (χ3v) is 5.10. The summed E-state index contributed by atoms with van der Waals surface area (Å²) in [7, 11) is -3.34. The first-order chi connectivity index (χ1) is 13.7. The van der Waals surface area contributed by atoms with Gasteiger partial charge in [0.15, 0.2) is 9.84 Å². The maximum atomic E-state index is 13.7. The van der Waals surface area contributed by atoms with Crippen molar-refractivity contribution in [3.63, 3.8) is 0 Å². The topological polar surface area (TPSA) is 89.9 Å². The molecule has 0 aromatic heterocycles. The molecule has 29 heavy (non-hydrogen) atoms. The smallest absolute Gasteiger partial charge is 0.335 e. The van der Waals surface area contributed by atoms with Gasteiger partial charge in [0.25, 0.3) is 0 Å². The third kappa shape index (κ3) is 5.32. The molecule has 0 radical (unpaired) electrons. The molecule has 0 aliphatic carbocycles. The van der Waals surface area contributed by atoms with Crippen molar-refractivity contribution >= 4 is 15.8 Å². The molecule has 0 bridgehead atoms. The van der Waals surface area contributed by atoms with E-state index in [0.29, 0.717) is 11.3 Å². The van der Waals surface area contributed by atoms with Gasteiger partial charge >= 0.3 is 5.97 Å². The number of hydrogen-bond acceptors (Lipinski definition) is 5. The van der Waals surface area contributed by atoms with Crippen molar-refractivity contribution < 1.29 is 32.2 Å². The summed E-state index contributed by atoms with van der Waals surface area (Å²) < 4.78 is 48.0. The first-order valence-electron chi connectivity index (χ1n) is 8.45. The Morgan fingerprint density at radius 3 is 2.24 bits per heavy atom. The fraction of sp³-hybridized carbons (Fsp3) is 0.0952. The first-order valence-corrected chi connectivity index (χ1v) is 10.3. The fourth-order valence-corrected chi connectivity index (χ4v) is 3.14. The van der Waals surface area contributed by atoms with Gasteiger partial charge in [-0.1, -0.05) is 18.2 Å². The predicted molar refractivity (Wildman–Crippen MR) is 104 cm³/mol. The maximum Gasteiger partial charge on any atom is 0.335 e. The van der Waals surface area contributed by atoms with E-state index in [9.17, 15) is 22.7 Å². The van der Waals surface area contributed by atoms with Gasteiger partial charge in [0, 0.05) is 17.9 Å². The zero-order valence-electron chi connectivity index (χ0n) is 15.3. The Morgan fingerprint density at radius 2 is 1.62 bits per heavy atom. The van der Waals surface area contributed by atoms with Crippen molar-refractivity contribution in [1.29, 1.82) is 0 Å². The van der Waals surface area contributed by atoms with Gasteiger partial charge in [-0.25, -0.2) is 17.6 Å². The average molecular weight is 416 g/mol. The summed E-state index contributed by atoms with van der Waals surface area (Å²) in [6.07, 6.45) is 1.10. The Morgan fingerprint density at radius 1 is 0.966 bits per heavy atom. The van der Waals surface area contributed by atoms with Crippen molar-refractivity contribution in [2.45, 2.75) is 11.5 Å². The fourth-order valence-electron chi connectivity index (χ4n) is 2.50. The molecule has 3 rings (SSSR count). The third-order valence-electron chi connectivity index (χ3n) is 3.97. The van der Waals surface area contributed by atoms with Crippen LogP contribution in [0.15, 0.2) is 71.6 Å². The van der Waals surface area contributed by atoms with E-state index in [1.54, 1.807) is 18.2 Å². The monoisotopic (exact) mass is 416 g/mol. The highest BCUT2D eigenvalue weighted by Gasteiger charge is 2.12. The molecule has 150 valence electrons. The van der Waals surface area contributed by atoms with Crippen LogP contribution in [0.3, 0.4) is 0 Å². The van der Waals surface area contributed by atoms with E-state index in [4.69, 9.17) is 9.47 Å². The predicted octanol–water partition coefficient (Wildman–Crippen LogP) is 4.30. The van der Waals surface area contributed by atoms with E-state index in [2.05, 4.69) is 0 Å². The quantitative estimate of drug-likeness (QED) is 0.618. The number of carboxylic acids is 1. The minimum absolute atomic E-state index is 0.0706. The van der Waals surface area contributed by atoms with Crippen LogP contribution in [0.2, 0.25) is 0 Å². The molecule has 3 aromatic rings. The van der Waals surface area contributed by atoms with Gasteiger partial charge in [-0.15, -0.1) is 0 Å². The summed E-state index contributed by atoms with van der Waals surface area (Å²) in [6.45, 7) is -0.0851. The average Bonchev–Trinajstić information content (AvgIpc) is 2.67. The van der Waals surface area contributed by atoms with Crippen molar-refractivity contribution in [2.75, 3.05) is 6.26 Å². The molecule has 0 amide bonds. The Hall–Kier alpha value is -3.39. The highest BCUT2D eigenvalue weighted by Crippen LogP contribution is 2.29. The summed E-state index contributed by atoms with van der Waals surface area (Å²) in [6, 6.07) is 15.9. The number of halogens is 1. The number of sulfone groups is 1.